The minimum atomic E-state index is -3.12. The van der Waals surface area contributed by atoms with Crippen LogP contribution in [0.2, 0.25) is 0 Å². The number of amides is 1. The lowest BCUT2D eigenvalue weighted by Gasteiger charge is -2.31. The van der Waals surface area contributed by atoms with Gasteiger partial charge in [0.15, 0.2) is 0 Å². The van der Waals surface area contributed by atoms with Gasteiger partial charge in [-0.05, 0) is 12.8 Å². The number of rotatable bonds is 3. The molecule has 0 aliphatic carbocycles. The molecule has 3 fully saturated rings. The first-order valence-electron chi connectivity index (χ1n) is 6.82. The highest BCUT2D eigenvalue weighted by atomic mass is 32.2. The summed E-state index contributed by atoms with van der Waals surface area (Å²) < 4.78 is 30.3. The maximum atomic E-state index is 11.9. The number of hydrogen-bond acceptors (Lipinski definition) is 4. The molecule has 0 N–H and O–H groups in total. The molecule has 7 heteroatoms. The third-order valence-electron chi connectivity index (χ3n) is 4.36. The summed E-state index contributed by atoms with van der Waals surface area (Å²) >= 11 is 0. The van der Waals surface area contributed by atoms with Crippen LogP contribution in [0.25, 0.3) is 0 Å². The van der Waals surface area contributed by atoms with E-state index in [1.807, 2.05) is 4.90 Å². The normalized spacial score (nSPS) is 35.2. The molecule has 3 heterocycles. The molecule has 1 amide bonds. The quantitative estimate of drug-likeness (QED) is 0.712. The smallest absolute Gasteiger partial charge is 0.225 e. The van der Waals surface area contributed by atoms with Gasteiger partial charge >= 0.3 is 0 Å². The molecular formula is C12H20N2O4S. The minimum absolute atomic E-state index is 0.0233. The third-order valence-corrected chi connectivity index (χ3v) is 5.60. The topological polar surface area (TPSA) is 66.9 Å². The number of nitrogens with zero attached hydrogens (tertiary/aromatic N) is 2. The summed E-state index contributed by atoms with van der Waals surface area (Å²) in [6, 6.07) is 0. The number of sulfonamides is 1. The third kappa shape index (κ3) is 2.64. The summed E-state index contributed by atoms with van der Waals surface area (Å²) in [5.74, 6) is 0.431. The molecule has 0 aromatic carbocycles. The van der Waals surface area contributed by atoms with Crippen LogP contribution in [0.4, 0.5) is 0 Å². The molecule has 19 heavy (non-hydrogen) atoms. The Kier molecular flexibility index (Phi) is 3.31. The second-order valence-corrected chi connectivity index (χ2v) is 7.79. The van der Waals surface area contributed by atoms with Crippen molar-refractivity contribution in [2.75, 3.05) is 32.4 Å². The number of hydrogen-bond donors (Lipinski definition) is 0. The van der Waals surface area contributed by atoms with E-state index in [0.29, 0.717) is 19.5 Å². The fourth-order valence-electron chi connectivity index (χ4n) is 3.12. The molecule has 0 radical (unpaired) electrons. The summed E-state index contributed by atoms with van der Waals surface area (Å²) in [6.07, 6.45) is 3.54. The second kappa shape index (κ2) is 4.71. The number of carbonyl (C=O) groups is 1. The molecule has 0 aromatic rings. The summed E-state index contributed by atoms with van der Waals surface area (Å²) in [5, 5.41) is 0. The largest absolute Gasteiger partial charge is 0.373 e. The zero-order chi connectivity index (χ0) is 13.6. The summed E-state index contributed by atoms with van der Waals surface area (Å²) in [6.45, 7) is 2.73. The molecule has 0 aromatic heterocycles. The standard InChI is InChI=1S/C12H20N2O4S/c1-19(16,17)14-7-9-5-10(18-11(9)8-14)6-12(15)13-3-2-4-13/h9-11H,2-8H2,1H3/t9-,10-,11+/m0/s1. The SMILES string of the molecule is CS(=O)(=O)N1C[C@@H]2C[C@@H](CC(=O)N3CCC3)O[C@@H]2C1. The maximum absolute atomic E-state index is 11.9. The molecule has 108 valence electrons. The van der Waals surface area contributed by atoms with E-state index in [-0.39, 0.29) is 24.0 Å². The van der Waals surface area contributed by atoms with Gasteiger partial charge < -0.3 is 9.64 Å². The Hall–Kier alpha value is -0.660. The molecule has 0 saturated carbocycles. The summed E-state index contributed by atoms with van der Waals surface area (Å²) in [7, 11) is -3.12. The summed E-state index contributed by atoms with van der Waals surface area (Å²) in [4.78, 5) is 13.7. The Balaban J connectivity index is 1.52. The molecule has 3 aliphatic rings. The number of ether oxygens (including phenoxy) is 1. The molecule has 0 spiro atoms. The van der Waals surface area contributed by atoms with Crippen LogP contribution in [-0.4, -0.2) is 68.2 Å². The number of likely N-dealkylation sites (tertiary alicyclic amines) is 1. The van der Waals surface area contributed by atoms with Gasteiger partial charge in [0, 0.05) is 32.1 Å². The highest BCUT2D eigenvalue weighted by Gasteiger charge is 2.45. The lowest BCUT2D eigenvalue weighted by Crippen LogP contribution is -2.43. The van der Waals surface area contributed by atoms with E-state index in [2.05, 4.69) is 0 Å². The Labute approximate surface area is 113 Å². The van der Waals surface area contributed by atoms with Crippen molar-refractivity contribution in [2.24, 2.45) is 5.92 Å². The van der Waals surface area contributed by atoms with Crippen LogP contribution in [0.3, 0.4) is 0 Å². The van der Waals surface area contributed by atoms with Crippen molar-refractivity contribution >= 4 is 15.9 Å². The molecule has 6 nitrogen and oxygen atoms in total. The number of carbonyl (C=O) groups excluding carboxylic acids is 1. The van der Waals surface area contributed by atoms with Crippen LogP contribution < -0.4 is 0 Å². The highest BCUT2D eigenvalue weighted by molar-refractivity contribution is 7.88. The van der Waals surface area contributed by atoms with E-state index in [0.717, 1.165) is 25.9 Å². The fourth-order valence-corrected chi connectivity index (χ4v) is 4.00. The Bertz CT molecular complexity index is 460. The van der Waals surface area contributed by atoms with Gasteiger partial charge in [0.25, 0.3) is 0 Å². The van der Waals surface area contributed by atoms with Crippen molar-refractivity contribution in [3.8, 4) is 0 Å². The van der Waals surface area contributed by atoms with Gasteiger partial charge in [0.05, 0.1) is 24.9 Å². The van der Waals surface area contributed by atoms with Gasteiger partial charge in [-0.3, -0.25) is 4.79 Å². The van der Waals surface area contributed by atoms with E-state index in [1.165, 1.54) is 10.6 Å². The Morgan fingerprint density at radius 3 is 2.58 bits per heavy atom. The van der Waals surface area contributed by atoms with Gasteiger partial charge in [-0.15, -0.1) is 0 Å². The van der Waals surface area contributed by atoms with Crippen molar-refractivity contribution in [1.82, 2.24) is 9.21 Å². The molecule has 3 saturated heterocycles. The lowest BCUT2D eigenvalue weighted by atomic mass is 10.0. The van der Waals surface area contributed by atoms with Crippen LogP contribution in [0, 0.1) is 5.92 Å². The molecule has 0 unspecified atom stereocenters. The van der Waals surface area contributed by atoms with Crippen molar-refractivity contribution in [2.45, 2.75) is 31.5 Å². The van der Waals surface area contributed by atoms with Crippen LogP contribution in [0.5, 0.6) is 0 Å². The van der Waals surface area contributed by atoms with Crippen molar-refractivity contribution in [1.29, 1.82) is 0 Å². The average Bonchev–Trinajstić information content (AvgIpc) is 2.69. The van der Waals surface area contributed by atoms with Crippen molar-refractivity contribution in [3.63, 3.8) is 0 Å². The average molecular weight is 288 g/mol. The van der Waals surface area contributed by atoms with Gasteiger partial charge in [-0.1, -0.05) is 0 Å². The van der Waals surface area contributed by atoms with Crippen LogP contribution in [0.1, 0.15) is 19.3 Å². The second-order valence-electron chi connectivity index (χ2n) is 5.81. The Morgan fingerprint density at radius 2 is 2.05 bits per heavy atom. The Morgan fingerprint density at radius 1 is 1.32 bits per heavy atom. The minimum Gasteiger partial charge on any atom is -0.373 e. The number of fused-ring (bicyclic) bond motifs is 1. The molecule has 3 rings (SSSR count). The summed E-state index contributed by atoms with van der Waals surface area (Å²) in [5.41, 5.74) is 0. The van der Waals surface area contributed by atoms with E-state index in [4.69, 9.17) is 4.74 Å². The first kappa shape index (κ1) is 13.3. The zero-order valence-electron chi connectivity index (χ0n) is 11.1. The molecule has 3 atom stereocenters. The zero-order valence-corrected chi connectivity index (χ0v) is 11.9. The van der Waals surface area contributed by atoms with E-state index >= 15 is 0 Å². The van der Waals surface area contributed by atoms with Crippen LogP contribution in [0.15, 0.2) is 0 Å². The fraction of sp³-hybridized carbons (Fsp3) is 0.917. The lowest BCUT2D eigenvalue weighted by molar-refractivity contribution is -0.137. The van der Waals surface area contributed by atoms with Gasteiger partial charge in [0.1, 0.15) is 0 Å². The van der Waals surface area contributed by atoms with E-state index < -0.39 is 10.0 Å². The van der Waals surface area contributed by atoms with Crippen LogP contribution >= 0.6 is 0 Å². The monoisotopic (exact) mass is 288 g/mol. The first-order valence-corrected chi connectivity index (χ1v) is 8.66. The van der Waals surface area contributed by atoms with Crippen molar-refractivity contribution in [3.05, 3.63) is 0 Å². The molecular weight excluding hydrogens is 268 g/mol. The van der Waals surface area contributed by atoms with E-state index in [1.54, 1.807) is 0 Å². The van der Waals surface area contributed by atoms with Gasteiger partial charge in [0.2, 0.25) is 15.9 Å². The van der Waals surface area contributed by atoms with E-state index in [9.17, 15) is 13.2 Å². The van der Waals surface area contributed by atoms with Gasteiger partial charge in [-0.25, -0.2) is 8.42 Å². The highest BCUT2D eigenvalue weighted by Crippen LogP contribution is 2.35. The first-order chi connectivity index (χ1) is 8.93. The predicted molar refractivity (Wildman–Crippen MR) is 69.0 cm³/mol. The maximum Gasteiger partial charge on any atom is 0.225 e. The van der Waals surface area contributed by atoms with Gasteiger partial charge in [-0.2, -0.15) is 4.31 Å². The predicted octanol–water partition coefficient (Wildman–Crippen LogP) is -0.342. The van der Waals surface area contributed by atoms with Crippen LogP contribution in [-0.2, 0) is 19.6 Å². The van der Waals surface area contributed by atoms with Crippen molar-refractivity contribution < 1.29 is 17.9 Å². The molecule has 3 aliphatic heterocycles. The molecule has 0 bridgehead atoms.